The van der Waals surface area contributed by atoms with Crippen molar-refractivity contribution in [2.45, 2.75) is 25.9 Å². The van der Waals surface area contributed by atoms with Gasteiger partial charge in [0.2, 0.25) is 0 Å². The fourth-order valence-electron chi connectivity index (χ4n) is 3.91. The number of aryl methyl sites for hydroxylation is 1. The second-order valence-electron chi connectivity index (χ2n) is 6.93. The number of rotatable bonds is 2. The summed E-state index contributed by atoms with van der Waals surface area (Å²) in [4.78, 5) is 16.6. The number of halogens is 1. The molecule has 2 aliphatic rings. The summed E-state index contributed by atoms with van der Waals surface area (Å²) in [6.07, 6.45) is 0. The lowest BCUT2D eigenvalue weighted by Gasteiger charge is -2.24. The summed E-state index contributed by atoms with van der Waals surface area (Å²) < 4.78 is 24.7. The van der Waals surface area contributed by atoms with E-state index < -0.39 is 21.9 Å². The Kier molecular flexibility index (Phi) is 4.00. The molecule has 0 spiro atoms. The molecule has 2 amide bonds. The molecule has 5 nitrogen and oxygen atoms in total. The van der Waals surface area contributed by atoms with Crippen molar-refractivity contribution in [3.05, 3.63) is 58.6 Å². The van der Waals surface area contributed by atoms with Gasteiger partial charge < -0.3 is 0 Å². The van der Waals surface area contributed by atoms with Crippen LogP contribution >= 0.6 is 11.6 Å². The van der Waals surface area contributed by atoms with Gasteiger partial charge in [-0.05, 0) is 49.2 Å². The van der Waals surface area contributed by atoms with E-state index in [1.165, 1.54) is 0 Å². The lowest BCUT2D eigenvalue weighted by Crippen LogP contribution is -2.38. The molecule has 2 atom stereocenters. The summed E-state index contributed by atoms with van der Waals surface area (Å²) in [6.45, 7) is 3.94. The first kappa shape index (κ1) is 17.4. The Balaban J connectivity index is 1.86. The van der Waals surface area contributed by atoms with E-state index in [1.54, 1.807) is 34.1 Å². The van der Waals surface area contributed by atoms with Gasteiger partial charge in [-0.1, -0.05) is 29.8 Å². The first-order valence-electron chi connectivity index (χ1n) is 8.43. The number of carbonyl (C=O) groups excluding carboxylic acids is 1. The summed E-state index contributed by atoms with van der Waals surface area (Å²) in [5.74, 6) is -0.0505. The van der Waals surface area contributed by atoms with Crippen LogP contribution in [-0.2, 0) is 9.84 Å². The third kappa shape index (κ3) is 2.68. The van der Waals surface area contributed by atoms with Crippen molar-refractivity contribution in [2.24, 2.45) is 0 Å². The number of amides is 2. The van der Waals surface area contributed by atoms with E-state index in [-0.39, 0.29) is 17.5 Å². The summed E-state index contributed by atoms with van der Waals surface area (Å²) in [5.41, 5.74) is 3.44. The van der Waals surface area contributed by atoms with Gasteiger partial charge in [-0.15, -0.1) is 0 Å². The van der Waals surface area contributed by atoms with Gasteiger partial charge in [-0.2, -0.15) is 0 Å². The van der Waals surface area contributed by atoms with Gasteiger partial charge in [0, 0.05) is 16.4 Å². The quantitative estimate of drug-likeness (QED) is 0.736. The molecule has 0 N–H and O–H groups in total. The molecule has 7 heteroatoms. The van der Waals surface area contributed by atoms with Gasteiger partial charge in [0.15, 0.2) is 9.84 Å². The molecular formula is C19H19ClN2O3S. The largest absolute Gasteiger partial charge is 0.329 e. The minimum atomic E-state index is -3.21. The number of benzene rings is 2. The Morgan fingerprint density at radius 2 is 1.65 bits per heavy atom. The summed E-state index contributed by atoms with van der Waals surface area (Å²) in [7, 11) is -3.21. The van der Waals surface area contributed by atoms with Gasteiger partial charge >= 0.3 is 6.03 Å². The zero-order valence-electron chi connectivity index (χ0n) is 14.5. The molecule has 2 saturated heterocycles. The second kappa shape index (κ2) is 5.99. The average Bonchev–Trinajstić information content (AvgIpc) is 2.99. The Morgan fingerprint density at radius 1 is 1.00 bits per heavy atom. The fraction of sp³-hybridized carbons (Fsp3) is 0.316. The molecule has 2 aromatic rings. The number of carbonyl (C=O) groups is 1. The molecule has 0 radical (unpaired) electrons. The highest BCUT2D eigenvalue weighted by molar-refractivity contribution is 7.91. The lowest BCUT2D eigenvalue weighted by molar-refractivity contribution is 0.255. The number of nitrogens with zero attached hydrogens (tertiary/aromatic N) is 2. The first-order valence-corrected chi connectivity index (χ1v) is 10.6. The Bertz CT molecular complexity index is 1010. The maximum atomic E-state index is 13.3. The zero-order chi connectivity index (χ0) is 18.6. The van der Waals surface area contributed by atoms with Crippen LogP contribution in [0.4, 0.5) is 16.2 Å². The van der Waals surface area contributed by atoms with Crippen LogP contribution in [0.25, 0.3) is 0 Å². The lowest BCUT2D eigenvalue weighted by atomic mass is 10.1. The predicted molar refractivity (Wildman–Crippen MR) is 104 cm³/mol. The molecular weight excluding hydrogens is 372 g/mol. The van der Waals surface area contributed by atoms with E-state index >= 15 is 0 Å². The normalized spacial score (nSPS) is 24.2. The molecule has 2 fully saturated rings. The molecule has 2 aromatic carbocycles. The SMILES string of the molecule is Cc1cccc(N2C(=O)N(c3cccc(Cl)c3)[C@H]3CS(=O)(=O)C[C@H]32)c1C. The topological polar surface area (TPSA) is 57.7 Å². The van der Waals surface area contributed by atoms with Crippen LogP contribution in [0.3, 0.4) is 0 Å². The highest BCUT2D eigenvalue weighted by atomic mass is 35.5. The van der Waals surface area contributed by atoms with Crippen molar-refractivity contribution in [1.82, 2.24) is 0 Å². The summed E-state index contributed by atoms with van der Waals surface area (Å²) in [5, 5.41) is 0.512. The minimum absolute atomic E-state index is 0.0200. The highest BCUT2D eigenvalue weighted by Gasteiger charge is 2.54. The van der Waals surface area contributed by atoms with Crippen LogP contribution in [0.1, 0.15) is 11.1 Å². The molecule has 26 heavy (non-hydrogen) atoms. The predicted octanol–water partition coefficient (Wildman–Crippen LogP) is 3.57. The van der Waals surface area contributed by atoms with Crippen molar-refractivity contribution >= 4 is 38.8 Å². The molecule has 0 saturated carbocycles. The smallest absolute Gasteiger partial charge is 0.288 e. The number of fused-ring (bicyclic) bond motifs is 1. The number of anilines is 2. The van der Waals surface area contributed by atoms with Crippen molar-refractivity contribution in [3.63, 3.8) is 0 Å². The minimum Gasteiger partial charge on any atom is -0.288 e. The van der Waals surface area contributed by atoms with E-state index in [1.807, 2.05) is 32.0 Å². The van der Waals surface area contributed by atoms with Gasteiger partial charge in [-0.3, -0.25) is 9.80 Å². The van der Waals surface area contributed by atoms with Crippen LogP contribution < -0.4 is 9.80 Å². The van der Waals surface area contributed by atoms with E-state index in [2.05, 4.69) is 0 Å². The van der Waals surface area contributed by atoms with E-state index in [0.29, 0.717) is 10.7 Å². The van der Waals surface area contributed by atoms with Gasteiger partial charge in [0.1, 0.15) is 0 Å². The number of hydrogen-bond donors (Lipinski definition) is 0. The molecule has 0 aromatic heterocycles. The Hall–Kier alpha value is -2.05. The fourth-order valence-corrected chi connectivity index (χ4v) is 6.01. The van der Waals surface area contributed by atoms with Crippen LogP contribution in [-0.4, -0.2) is 38.0 Å². The zero-order valence-corrected chi connectivity index (χ0v) is 16.1. The maximum Gasteiger partial charge on any atom is 0.329 e. The van der Waals surface area contributed by atoms with Gasteiger partial charge in [0.25, 0.3) is 0 Å². The van der Waals surface area contributed by atoms with E-state index in [9.17, 15) is 13.2 Å². The molecule has 136 valence electrons. The molecule has 0 aliphatic carbocycles. The molecule has 0 bridgehead atoms. The van der Waals surface area contributed by atoms with Crippen LogP contribution in [0.2, 0.25) is 5.02 Å². The molecule has 0 unspecified atom stereocenters. The van der Waals surface area contributed by atoms with Gasteiger partial charge in [0.05, 0.1) is 23.6 Å². The van der Waals surface area contributed by atoms with Crippen LogP contribution in [0.15, 0.2) is 42.5 Å². The second-order valence-corrected chi connectivity index (χ2v) is 9.52. The van der Waals surface area contributed by atoms with Crippen molar-refractivity contribution in [1.29, 1.82) is 0 Å². The van der Waals surface area contributed by atoms with Crippen LogP contribution in [0.5, 0.6) is 0 Å². The van der Waals surface area contributed by atoms with E-state index in [4.69, 9.17) is 11.6 Å². The molecule has 4 rings (SSSR count). The third-order valence-electron chi connectivity index (χ3n) is 5.29. The van der Waals surface area contributed by atoms with E-state index in [0.717, 1.165) is 16.8 Å². The highest BCUT2D eigenvalue weighted by Crippen LogP contribution is 2.39. The molecule has 2 heterocycles. The standard InChI is InChI=1S/C19H19ClN2O3S/c1-12-5-3-8-16(13(12)2)22-18-11-26(24,25)10-17(18)21(19(22)23)15-7-4-6-14(20)9-15/h3-9,17-18H,10-11H2,1-2H3/t17-,18+/m0/s1. The number of sulfone groups is 1. The number of hydrogen-bond acceptors (Lipinski definition) is 3. The van der Waals surface area contributed by atoms with Crippen molar-refractivity contribution < 1.29 is 13.2 Å². The first-order chi connectivity index (χ1) is 12.3. The summed E-state index contributed by atoms with van der Waals surface area (Å²) >= 11 is 6.10. The third-order valence-corrected chi connectivity index (χ3v) is 7.22. The Labute approximate surface area is 158 Å². The summed E-state index contributed by atoms with van der Waals surface area (Å²) in [6, 6.07) is 11.7. The Morgan fingerprint density at radius 3 is 2.35 bits per heavy atom. The monoisotopic (exact) mass is 390 g/mol. The number of urea groups is 1. The van der Waals surface area contributed by atoms with Crippen molar-refractivity contribution in [3.8, 4) is 0 Å². The van der Waals surface area contributed by atoms with Crippen molar-refractivity contribution in [2.75, 3.05) is 21.3 Å². The maximum absolute atomic E-state index is 13.3. The average molecular weight is 391 g/mol. The van der Waals surface area contributed by atoms with Gasteiger partial charge in [-0.25, -0.2) is 13.2 Å². The van der Waals surface area contributed by atoms with Crippen LogP contribution in [0, 0.1) is 13.8 Å². The molecule has 2 aliphatic heterocycles.